The highest BCUT2D eigenvalue weighted by molar-refractivity contribution is 5.97. The first-order valence-corrected chi connectivity index (χ1v) is 8.97. The van der Waals surface area contributed by atoms with Crippen molar-refractivity contribution in [1.29, 1.82) is 0 Å². The third-order valence-corrected chi connectivity index (χ3v) is 4.75. The molecule has 6 nitrogen and oxygen atoms in total. The lowest BCUT2D eigenvalue weighted by Gasteiger charge is -2.34. The molecule has 2 fully saturated rings. The van der Waals surface area contributed by atoms with E-state index < -0.39 is 5.97 Å². The lowest BCUT2D eigenvalue weighted by atomic mass is 10.0. The van der Waals surface area contributed by atoms with Crippen molar-refractivity contribution in [3.8, 4) is 5.75 Å². The first kappa shape index (κ1) is 17.7. The van der Waals surface area contributed by atoms with Gasteiger partial charge in [-0.25, -0.2) is 0 Å². The van der Waals surface area contributed by atoms with Gasteiger partial charge in [-0.15, -0.1) is 0 Å². The Hall–Kier alpha value is -2.08. The molecule has 1 aromatic carbocycles. The molecule has 1 heterocycles. The molecule has 136 valence electrons. The van der Waals surface area contributed by atoms with E-state index >= 15 is 0 Å². The van der Waals surface area contributed by atoms with Gasteiger partial charge < -0.3 is 19.5 Å². The molecule has 25 heavy (non-hydrogen) atoms. The maximum Gasteiger partial charge on any atom is 0.305 e. The van der Waals surface area contributed by atoms with E-state index in [1.165, 1.54) is 12.8 Å². The number of nitrogens with zero attached hydrogens (tertiary/aromatic N) is 1. The van der Waals surface area contributed by atoms with Crippen molar-refractivity contribution in [1.82, 2.24) is 4.90 Å². The second-order valence-electron chi connectivity index (χ2n) is 6.74. The average Bonchev–Trinajstić information content (AvgIpc) is 3.45. The normalized spacial score (nSPS) is 17.9. The monoisotopic (exact) mass is 347 g/mol. The number of benzene rings is 1. The Kier molecular flexibility index (Phi) is 5.91. The standard InChI is InChI=1S/C19H25NO5/c21-18(22)7-10-20(15-8-11-24-12-9-15)19(23)16-3-1-2-4-17(16)25-13-14-5-6-14/h1-4,14-15H,5-13H2,(H,21,22). The van der Waals surface area contributed by atoms with Crippen LogP contribution < -0.4 is 4.74 Å². The van der Waals surface area contributed by atoms with Gasteiger partial charge >= 0.3 is 5.97 Å². The number of hydrogen-bond acceptors (Lipinski definition) is 4. The molecule has 1 saturated heterocycles. The summed E-state index contributed by atoms with van der Waals surface area (Å²) in [6.45, 7) is 2.04. The minimum absolute atomic E-state index is 0.0112. The maximum absolute atomic E-state index is 13.1. The molecule has 0 unspecified atom stereocenters. The van der Waals surface area contributed by atoms with E-state index in [0.717, 1.165) is 12.8 Å². The van der Waals surface area contributed by atoms with E-state index in [1.54, 1.807) is 11.0 Å². The van der Waals surface area contributed by atoms with Crippen LogP contribution in [0.3, 0.4) is 0 Å². The van der Waals surface area contributed by atoms with Crippen molar-refractivity contribution < 1.29 is 24.2 Å². The third kappa shape index (κ3) is 4.95. The number of carboxylic acids is 1. The number of carbonyl (C=O) groups is 2. The average molecular weight is 347 g/mol. The van der Waals surface area contributed by atoms with E-state index in [9.17, 15) is 9.59 Å². The van der Waals surface area contributed by atoms with E-state index in [4.69, 9.17) is 14.6 Å². The molecule has 1 aliphatic heterocycles. The van der Waals surface area contributed by atoms with Crippen molar-refractivity contribution in [2.75, 3.05) is 26.4 Å². The molecule has 1 saturated carbocycles. The number of ether oxygens (including phenoxy) is 2. The van der Waals surface area contributed by atoms with Gasteiger partial charge in [0.15, 0.2) is 0 Å². The zero-order valence-corrected chi connectivity index (χ0v) is 14.4. The minimum Gasteiger partial charge on any atom is -0.492 e. The molecule has 2 aliphatic rings. The van der Waals surface area contributed by atoms with Crippen LogP contribution in [0.25, 0.3) is 0 Å². The number of rotatable bonds is 8. The molecule has 0 radical (unpaired) electrons. The topological polar surface area (TPSA) is 76.1 Å². The second-order valence-corrected chi connectivity index (χ2v) is 6.74. The van der Waals surface area contributed by atoms with E-state index in [2.05, 4.69) is 0 Å². The van der Waals surface area contributed by atoms with E-state index in [0.29, 0.717) is 37.1 Å². The van der Waals surface area contributed by atoms with Gasteiger partial charge in [0.1, 0.15) is 5.75 Å². The maximum atomic E-state index is 13.1. The van der Waals surface area contributed by atoms with Crippen LogP contribution in [0.2, 0.25) is 0 Å². The van der Waals surface area contributed by atoms with Gasteiger partial charge in [-0.1, -0.05) is 12.1 Å². The molecule has 1 amide bonds. The fourth-order valence-corrected chi connectivity index (χ4v) is 3.08. The Morgan fingerprint density at radius 2 is 1.88 bits per heavy atom. The molecular weight excluding hydrogens is 322 g/mol. The van der Waals surface area contributed by atoms with Gasteiger partial charge in [0, 0.05) is 25.8 Å². The number of carboxylic acid groups (broad SMARTS) is 1. The quantitative estimate of drug-likeness (QED) is 0.782. The van der Waals surface area contributed by atoms with Gasteiger partial charge in [0.05, 0.1) is 18.6 Å². The summed E-state index contributed by atoms with van der Waals surface area (Å²) < 4.78 is 11.2. The first-order valence-electron chi connectivity index (χ1n) is 8.97. The molecular formula is C19H25NO5. The number of amides is 1. The molecule has 1 aliphatic carbocycles. The van der Waals surface area contributed by atoms with Crippen molar-refractivity contribution in [3.63, 3.8) is 0 Å². The summed E-state index contributed by atoms with van der Waals surface area (Å²) in [5, 5.41) is 9.03. The van der Waals surface area contributed by atoms with Crippen LogP contribution in [-0.2, 0) is 9.53 Å². The Morgan fingerprint density at radius 1 is 1.16 bits per heavy atom. The molecule has 6 heteroatoms. The van der Waals surface area contributed by atoms with Gasteiger partial charge in [-0.3, -0.25) is 9.59 Å². The number of carbonyl (C=O) groups excluding carboxylic acids is 1. The third-order valence-electron chi connectivity index (χ3n) is 4.75. The van der Waals surface area contributed by atoms with E-state index in [-0.39, 0.29) is 24.9 Å². The largest absolute Gasteiger partial charge is 0.492 e. The second kappa shape index (κ2) is 8.34. The van der Waals surface area contributed by atoms with Crippen LogP contribution in [0.1, 0.15) is 42.5 Å². The van der Waals surface area contributed by atoms with Crippen molar-refractivity contribution in [3.05, 3.63) is 29.8 Å². The van der Waals surface area contributed by atoms with Crippen LogP contribution in [0.15, 0.2) is 24.3 Å². The smallest absolute Gasteiger partial charge is 0.305 e. The fourth-order valence-electron chi connectivity index (χ4n) is 3.08. The van der Waals surface area contributed by atoms with E-state index in [1.807, 2.05) is 18.2 Å². The lowest BCUT2D eigenvalue weighted by Crippen LogP contribution is -2.44. The lowest BCUT2D eigenvalue weighted by molar-refractivity contribution is -0.137. The molecule has 1 aromatic rings. The van der Waals surface area contributed by atoms with Gasteiger partial charge in [-0.05, 0) is 43.7 Å². The Bertz CT molecular complexity index is 608. The summed E-state index contributed by atoms with van der Waals surface area (Å²) in [6, 6.07) is 7.26. The van der Waals surface area contributed by atoms with Crippen LogP contribution >= 0.6 is 0 Å². The van der Waals surface area contributed by atoms with Crippen LogP contribution in [-0.4, -0.2) is 54.3 Å². The van der Waals surface area contributed by atoms with Crippen LogP contribution in [0.5, 0.6) is 5.75 Å². The molecule has 0 aromatic heterocycles. The summed E-state index contributed by atoms with van der Waals surface area (Å²) in [7, 11) is 0. The molecule has 0 spiro atoms. The number of hydrogen-bond donors (Lipinski definition) is 1. The first-order chi connectivity index (χ1) is 12.1. The fraction of sp³-hybridized carbons (Fsp3) is 0.579. The molecule has 0 bridgehead atoms. The predicted molar refractivity (Wildman–Crippen MR) is 91.8 cm³/mol. The highest BCUT2D eigenvalue weighted by Crippen LogP contribution is 2.31. The summed E-state index contributed by atoms with van der Waals surface area (Å²) in [5.74, 6) is 0.135. The summed E-state index contributed by atoms with van der Waals surface area (Å²) in [6.07, 6.45) is 3.77. The Labute approximate surface area is 147 Å². The summed E-state index contributed by atoms with van der Waals surface area (Å²) in [5.41, 5.74) is 0.514. The molecule has 0 atom stereocenters. The van der Waals surface area contributed by atoms with Gasteiger partial charge in [0.25, 0.3) is 5.91 Å². The van der Waals surface area contributed by atoms with Crippen LogP contribution in [0.4, 0.5) is 0 Å². The Balaban J connectivity index is 1.76. The van der Waals surface area contributed by atoms with Crippen molar-refractivity contribution in [2.45, 2.75) is 38.1 Å². The van der Waals surface area contributed by atoms with Crippen molar-refractivity contribution in [2.24, 2.45) is 5.92 Å². The van der Waals surface area contributed by atoms with Crippen LogP contribution in [0, 0.1) is 5.92 Å². The number of aliphatic carboxylic acids is 1. The molecule has 3 rings (SSSR count). The highest BCUT2D eigenvalue weighted by Gasteiger charge is 2.29. The predicted octanol–water partition coefficient (Wildman–Crippen LogP) is 2.57. The van der Waals surface area contributed by atoms with Gasteiger partial charge in [0.2, 0.25) is 0 Å². The summed E-state index contributed by atoms with van der Waals surface area (Å²) >= 11 is 0. The zero-order valence-electron chi connectivity index (χ0n) is 14.4. The highest BCUT2D eigenvalue weighted by atomic mass is 16.5. The molecule has 1 N–H and O–H groups in total. The minimum atomic E-state index is -0.900. The number of para-hydroxylation sites is 1. The van der Waals surface area contributed by atoms with Crippen molar-refractivity contribution >= 4 is 11.9 Å². The SMILES string of the molecule is O=C(O)CCN(C(=O)c1ccccc1OCC1CC1)C1CCOCC1. The summed E-state index contributed by atoms with van der Waals surface area (Å²) in [4.78, 5) is 25.9. The van der Waals surface area contributed by atoms with Gasteiger partial charge in [-0.2, -0.15) is 0 Å². The Morgan fingerprint density at radius 3 is 2.56 bits per heavy atom. The zero-order chi connectivity index (χ0) is 17.6.